The molecule has 6 nitrogen and oxygen atoms in total. The molecule has 0 bridgehead atoms. The highest BCUT2D eigenvalue weighted by molar-refractivity contribution is 6.07. The minimum Gasteiger partial charge on any atom is -0.390 e. The van der Waals surface area contributed by atoms with Crippen LogP contribution in [0.25, 0.3) is 10.9 Å². The Kier molecular flexibility index (Phi) is 4.43. The van der Waals surface area contributed by atoms with Gasteiger partial charge in [0.05, 0.1) is 17.8 Å². The van der Waals surface area contributed by atoms with Crippen LogP contribution in [0, 0.1) is 12.3 Å². The number of carbonyl (C=O) groups excluding carboxylic acids is 1. The Morgan fingerprint density at radius 1 is 1.24 bits per heavy atom. The molecule has 0 radical (unpaired) electrons. The van der Waals surface area contributed by atoms with Crippen LogP contribution < -0.4 is 5.56 Å². The number of carbonyl (C=O) groups is 1. The number of fused-ring (bicyclic) bond motifs is 1. The third-order valence-electron chi connectivity index (χ3n) is 4.89. The fraction of sp³-hybridized carbons (Fsp3) is 0.474. The second-order valence-electron chi connectivity index (χ2n) is 7.69. The molecule has 0 aliphatic carbocycles. The van der Waals surface area contributed by atoms with E-state index in [1.54, 1.807) is 30.0 Å². The van der Waals surface area contributed by atoms with Crippen LogP contribution in [0.1, 0.15) is 36.2 Å². The van der Waals surface area contributed by atoms with Gasteiger partial charge in [0, 0.05) is 29.6 Å². The van der Waals surface area contributed by atoms with Gasteiger partial charge < -0.3 is 20.1 Å². The molecule has 134 valence electrons. The van der Waals surface area contributed by atoms with Gasteiger partial charge in [-0.1, -0.05) is 32.0 Å². The van der Waals surface area contributed by atoms with E-state index in [4.69, 9.17) is 0 Å². The van der Waals surface area contributed by atoms with E-state index in [9.17, 15) is 19.8 Å². The van der Waals surface area contributed by atoms with E-state index in [0.717, 1.165) is 0 Å². The molecule has 3 rings (SSSR count). The minimum absolute atomic E-state index is 0.0456. The molecule has 1 aromatic carbocycles. The van der Waals surface area contributed by atoms with Gasteiger partial charge in [-0.05, 0) is 24.8 Å². The molecule has 1 aliphatic heterocycles. The van der Waals surface area contributed by atoms with Crippen LogP contribution in [0.15, 0.2) is 29.1 Å². The number of hydrogen-bond acceptors (Lipinski definition) is 4. The lowest BCUT2D eigenvalue weighted by molar-refractivity contribution is 0.00369. The number of aliphatic hydroxyl groups is 2. The van der Waals surface area contributed by atoms with Crippen LogP contribution >= 0.6 is 0 Å². The number of aromatic amines is 1. The molecule has 3 N–H and O–H groups in total. The van der Waals surface area contributed by atoms with Crippen LogP contribution in [-0.4, -0.2) is 51.3 Å². The van der Waals surface area contributed by atoms with Crippen molar-refractivity contribution in [1.29, 1.82) is 0 Å². The molecule has 2 heterocycles. The largest absolute Gasteiger partial charge is 0.390 e. The molecule has 0 spiro atoms. The van der Waals surface area contributed by atoms with Crippen molar-refractivity contribution in [3.63, 3.8) is 0 Å². The molecule has 2 aromatic rings. The first-order chi connectivity index (χ1) is 11.7. The number of aliphatic hydroxyl groups excluding tert-OH is 2. The molecule has 2 atom stereocenters. The van der Waals surface area contributed by atoms with E-state index in [0.29, 0.717) is 35.0 Å². The SMILES string of the molecule is Cc1c(C(=O)N2C[C@@H](O)[C@@H](O)CC(C)(C)C2)c2ccccc2[nH]c1=O. The number of rotatable bonds is 1. The number of β-amino-alcohol motifs (C(OH)–C–C–N with tert-alkyl or cyclic N) is 1. The Morgan fingerprint density at radius 2 is 1.92 bits per heavy atom. The lowest BCUT2D eigenvalue weighted by atomic mass is 9.86. The normalized spacial score (nSPS) is 23.5. The van der Waals surface area contributed by atoms with Crippen LogP contribution in [0.3, 0.4) is 0 Å². The Morgan fingerprint density at radius 3 is 2.64 bits per heavy atom. The fourth-order valence-corrected chi connectivity index (χ4v) is 3.63. The maximum Gasteiger partial charge on any atom is 0.255 e. The maximum atomic E-state index is 13.3. The number of nitrogens with zero attached hydrogens (tertiary/aromatic N) is 1. The number of amides is 1. The summed E-state index contributed by atoms with van der Waals surface area (Å²) in [6.45, 7) is 5.99. The smallest absolute Gasteiger partial charge is 0.255 e. The second-order valence-corrected chi connectivity index (χ2v) is 7.69. The Labute approximate surface area is 146 Å². The van der Waals surface area contributed by atoms with Crippen molar-refractivity contribution >= 4 is 16.8 Å². The van der Waals surface area contributed by atoms with Gasteiger partial charge in [-0.3, -0.25) is 9.59 Å². The van der Waals surface area contributed by atoms with E-state index in [1.807, 2.05) is 19.9 Å². The van der Waals surface area contributed by atoms with Crippen molar-refractivity contribution in [2.45, 2.75) is 39.4 Å². The van der Waals surface area contributed by atoms with Crippen LogP contribution in [0.5, 0.6) is 0 Å². The average Bonchev–Trinajstić information content (AvgIpc) is 2.63. The summed E-state index contributed by atoms with van der Waals surface area (Å²) in [7, 11) is 0. The molecule has 0 unspecified atom stereocenters. The zero-order chi connectivity index (χ0) is 18.4. The number of aromatic nitrogens is 1. The van der Waals surface area contributed by atoms with Crippen molar-refractivity contribution in [1.82, 2.24) is 9.88 Å². The summed E-state index contributed by atoms with van der Waals surface area (Å²) in [6, 6.07) is 7.19. The molecular weight excluding hydrogens is 320 g/mol. The van der Waals surface area contributed by atoms with Gasteiger partial charge in [-0.2, -0.15) is 0 Å². The highest BCUT2D eigenvalue weighted by Crippen LogP contribution is 2.30. The quantitative estimate of drug-likeness (QED) is 0.729. The predicted octanol–water partition coefficient (Wildman–Crippen LogP) is 1.43. The van der Waals surface area contributed by atoms with Gasteiger partial charge in [-0.25, -0.2) is 0 Å². The van der Waals surface area contributed by atoms with Crippen molar-refractivity contribution in [2.24, 2.45) is 5.41 Å². The summed E-state index contributed by atoms with van der Waals surface area (Å²) >= 11 is 0. The first-order valence-electron chi connectivity index (χ1n) is 8.46. The van der Waals surface area contributed by atoms with Crippen molar-refractivity contribution < 1.29 is 15.0 Å². The first kappa shape index (κ1) is 17.6. The summed E-state index contributed by atoms with van der Waals surface area (Å²) in [4.78, 5) is 29.8. The number of pyridine rings is 1. The summed E-state index contributed by atoms with van der Waals surface area (Å²) in [5.74, 6) is -0.291. The van der Waals surface area contributed by atoms with E-state index in [1.165, 1.54) is 0 Å². The van der Waals surface area contributed by atoms with Gasteiger partial charge in [0.15, 0.2) is 0 Å². The Hall–Kier alpha value is -2.18. The summed E-state index contributed by atoms with van der Waals surface area (Å²) < 4.78 is 0. The number of H-pyrrole nitrogens is 1. The summed E-state index contributed by atoms with van der Waals surface area (Å²) in [5.41, 5.74) is 0.699. The molecule has 6 heteroatoms. The summed E-state index contributed by atoms with van der Waals surface area (Å²) in [6.07, 6.45) is -1.46. The molecule has 1 aromatic heterocycles. The van der Waals surface area contributed by atoms with Gasteiger partial charge in [0.25, 0.3) is 11.5 Å². The van der Waals surface area contributed by atoms with E-state index in [2.05, 4.69) is 4.98 Å². The molecule has 1 amide bonds. The average molecular weight is 344 g/mol. The van der Waals surface area contributed by atoms with Crippen molar-refractivity contribution in [3.05, 3.63) is 45.7 Å². The third kappa shape index (κ3) is 3.32. The van der Waals surface area contributed by atoms with Crippen LogP contribution in [-0.2, 0) is 0 Å². The van der Waals surface area contributed by atoms with Gasteiger partial charge in [0.2, 0.25) is 0 Å². The number of para-hydroxylation sites is 1. The molecule has 25 heavy (non-hydrogen) atoms. The van der Waals surface area contributed by atoms with E-state index in [-0.39, 0.29) is 23.4 Å². The molecule has 1 fully saturated rings. The highest BCUT2D eigenvalue weighted by atomic mass is 16.3. The van der Waals surface area contributed by atoms with Crippen molar-refractivity contribution in [3.8, 4) is 0 Å². The Bertz CT molecular complexity index is 871. The lowest BCUT2D eigenvalue weighted by Gasteiger charge is -2.30. The van der Waals surface area contributed by atoms with Gasteiger partial charge >= 0.3 is 0 Å². The molecule has 1 aliphatic rings. The van der Waals surface area contributed by atoms with E-state index < -0.39 is 12.2 Å². The number of nitrogens with one attached hydrogen (secondary N) is 1. The van der Waals surface area contributed by atoms with Gasteiger partial charge in [0.1, 0.15) is 0 Å². The zero-order valence-corrected chi connectivity index (χ0v) is 14.7. The number of likely N-dealkylation sites (tertiary alicyclic amines) is 1. The lowest BCUT2D eigenvalue weighted by Crippen LogP contribution is -2.41. The van der Waals surface area contributed by atoms with Crippen LogP contribution in [0.4, 0.5) is 0 Å². The Balaban J connectivity index is 2.10. The number of hydrogen-bond donors (Lipinski definition) is 3. The first-order valence-corrected chi connectivity index (χ1v) is 8.46. The second kappa shape index (κ2) is 6.28. The fourth-order valence-electron chi connectivity index (χ4n) is 3.63. The van der Waals surface area contributed by atoms with Crippen LogP contribution in [0.2, 0.25) is 0 Å². The highest BCUT2D eigenvalue weighted by Gasteiger charge is 2.37. The van der Waals surface area contributed by atoms with E-state index >= 15 is 0 Å². The molecule has 1 saturated heterocycles. The monoisotopic (exact) mass is 344 g/mol. The topological polar surface area (TPSA) is 93.6 Å². The number of benzene rings is 1. The maximum absolute atomic E-state index is 13.3. The third-order valence-corrected chi connectivity index (χ3v) is 4.89. The zero-order valence-electron chi connectivity index (χ0n) is 14.7. The van der Waals surface area contributed by atoms with Gasteiger partial charge in [-0.15, -0.1) is 0 Å². The van der Waals surface area contributed by atoms with Crippen molar-refractivity contribution in [2.75, 3.05) is 13.1 Å². The molecular formula is C19H24N2O4. The minimum atomic E-state index is -1.00. The standard InChI is InChI=1S/C19H24N2O4/c1-11-16(12-6-4-5-7-13(12)20-17(11)24)18(25)21-9-15(23)14(22)8-19(2,3)10-21/h4-7,14-15,22-23H,8-10H2,1-3H3,(H,20,24)/t14-,15+/m0/s1. The summed E-state index contributed by atoms with van der Waals surface area (Å²) in [5, 5.41) is 21.0. The molecule has 0 saturated carbocycles. The predicted molar refractivity (Wildman–Crippen MR) is 95.6 cm³/mol.